The van der Waals surface area contributed by atoms with Crippen LogP contribution in [0.25, 0.3) is 5.76 Å². The quantitative estimate of drug-likeness (QED) is 0.283. The second-order valence-electron chi connectivity index (χ2n) is 9.10. The number of nitrogens with zero attached hydrogens (tertiary/aromatic N) is 1. The molecule has 0 saturated carbocycles. The lowest BCUT2D eigenvalue weighted by atomic mass is 9.94. The Morgan fingerprint density at radius 3 is 2.26 bits per heavy atom. The number of hydrogen-bond donors (Lipinski definition) is 1. The average molecular weight is 456 g/mol. The van der Waals surface area contributed by atoms with Gasteiger partial charge in [0.05, 0.1) is 18.2 Å². The average Bonchev–Trinajstić information content (AvgIpc) is 3.09. The van der Waals surface area contributed by atoms with Gasteiger partial charge < -0.3 is 9.84 Å². The number of aryl methyl sites for hydroxylation is 2. The minimum absolute atomic E-state index is 0.0759. The van der Waals surface area contributed by atoms with Crippen molar-refractivity contribution in [3.05, 3.63) is 101 Å². The van der Waals surface area contributed by atoms with Crippen LogP contribution in [0.2, 0.25) is 0 Å². The van der Waals surface area contributed by atoms with Crippen molar-refractivity contribution in [2.75, 3.05) is 11.5 Å². The van der Waals surface area contributed by atoms with E-state index in [0.29, 0.717) is 23.8 Å². The molecule has 0 aliphatic carbocycles. The van der Waals surface area contributed by atoms with Crippen molar-refractivity contribution in [2.24, 2.45) is 5.92 Å². The molecule has 0 aromatic heterocycles. The summed E-state index contributed by atoms with van der Waals surface area (Å²) in [5.74, 6) is -0.445. The van der Waals surface area contributed by atoms with Crippen molar-refractivity contribution in [1.82, 2.24) is 0 Å². The molecule has 0 radical (unpaired) electrons. The maximum Gasteiger partial charge on any atom is 0.300 e. The van der Waals surface area contributed by atoms with E-state index in [0.717, 1.165) is 22.4 Å². The van der Waals surface area contributed by atoms with Crippen LogP contribution in [0.15, 0.2) is 78.4 Å². The van der Waals surface area contributed by atoms with E-state index in [1.807, 2.05) is 68.4 Å². The van der Waals surface area contributed by atoms with E-state index in [2.05, 4.69) is 13.8 Å². The van der Waals surface area contributed by atoms with Gasteiger partial charge in [0.1, 0.15) is 11.5 Å². The Bertz CT molecular complexity index is 1240. The number of aliphatic hydroxyl groups is 1. The SMILES string of the molecule is Cc1ccc(N2C(=O)C(=O)/C(=C(\O)c3ccc(OCC(C)C)c(C)c3)C2c2ccccc2)cc1. The number of rotatable bonds is 6. The number of amides is 1. The van der Waals surface area contributed by atoms with Gasteiger partial charge in [0.25, 0.3) is 11.7 Å². The van der Waals surface area contributed by atoms with Crippen LogP contribution in [0, 0.1) is 19.8 Å². The lowest BCUT2D eigenvalue weighted by Crippen LogP contribution is -2.29. The number of Topliss-reactive ketones (excluding diaryl/α,β-unsaturated/α-hetero) is 1. The highest BCUT2D eigenvalue weighted by Gasteiger charge is 2.46. The van der Waals surface area contributed by atoms with E-state index < -0.39 is 17.7 Å². The largest absolute Gasteiger partial charge is 0.507 e. The zero-order valence-electron chi connectivity index (χ0n) is 19.9. The van der Waals surface area contributed by atoms with Gasteiger partial charge in [-0.3, -0.25) is 14.5 Å². The molecule has 1 N–H and O–H groups in total. The van der Waals surface area contributed by atoms with Crippen molar-refractivity contribution < 1.29 is 19.4 Å². The van der Waals surface area contributed by atoms with Gasteiger partial charge in [0.15, 0.2) is 0 Å². The van der Waals surface area contributed by atoms with Crippen molar-refractivity contribution in [1.29, 1.82) is 0 Å². The molecule has 3 aromatic rings. The number of carbonyl (C=O) groups is 2. The summed E-state index contributed by atoms with van der Waals surface area (Å²) >= 11 is 0. The predicted molar refractivity (Wildman–Crippen MR) is 134 cm³/mol. The molecule has 174 valence electrons. The molecule has 1 aliphatic rings. The van der Waals surface area contributed by atoms with Gasteiger partial charge in [-0.25, -0.2) is 0 Å². The molecular formula is C29H29NO4. The molecule has 5 nitrogen and oxygen atoms in total. The zero-order chi connectivity index (χ0) is 24.4. The van der Waals surface area contributed by atoms with E-state index in [1.54, 1.807) is 18.2 Å². The first-order chi connectivity index (χ1) is 16.3. The number of benzene rings is 3. The van der Waals surface area contributed by atoms with Gasteiger partial charge in [-0.15, -0.1) is 0 Å². The summed E-state index contributed by atoms with van der Waals surface area (Å²) in [7, 11) is 0. The summed E-state index contributed by atoms with van der Waals surface area (Å²) in [6.45, 7) is 8.59. The van der Waals surface area contributed by atoms with Crippen LogP contribution in [0.3, 0.4) is 0 Å². The van der Waals surface area contributed by atoms with Crippen LogP contribution in [-0.2, 0) is 9.59 Å². The number of hydrogen-bond acceptors (Lipinski definition) is 4. The summed E-state index contributed by atoms with van der Waals surface area (Å²) in [5, 5.41) is 11.3. The highest BCUT2D eigenvalue weighted by molar-refractivity contribution is 6.51. The third-order valence-corrected chi connectivity index (χ3v) is 5.89. The maximum atomic E-state index is 13.3. The number of ether oxygens (including phenoxy) is 1. The van der Waals surface area contributed by atoms with Crippen molar-refractivity contribution in [3.8, 4) is 5.75 Å². The summed E-state index contributed by atoms with van der Waals surface area (Å²) < 4.78 is 5.84. The number of carbonyl (C=O) groups excluding carboxylic acids is 2. The molecular weight excluding hydrogens is 426 g/mol. The molecule has 1 aliphatic heterocycles. The Kier molecular flexibility index (Phi) is 6.55. The van der Waals surface area contributed by atoms with Crippen molar-refractivity contribution in [2.45, 2.75) is 33.7 Å². The van der Waals surface area contributed by atoms with E-state index >= 15 is 0 Å². The molecule has 1 heterocycles. The summed E-state index contributed by atoms with van der Waals surface area (Å²) in [4.78, 5) is 27.9. The topological polar surface area (TPSA) is 66.8 Å². The highest BCUT2D eigenvalue weighted by atomic mass is 16.5. The van der Waals surface area contributed by atoms with Gasteiger partial charge in [-0.05, 0) is 61.2 Å². The molecule has 0 spiro atoms. The molecule has 4 rings (SSSR count). The van der Waals surface area contributed by atoms with Crippen LogP contribution >= 0.6 is 0 Å². The fourth-order valence-electron chi connectivity index (χ4n) is 4.13. The fourth-order valence-corrected chi connectivity index (χ4v) is 4.13. The number of ketones is 1. The lowest BCUT2D eigenvalue weighted by Gasteiger charge is -2.25. The highest BCUT2D eigenvalue weighted by Crippen LogP contribution is 2.42. The third kappa shape index (κ3) is 4.46. The minimum Gasteiger partial charge on any atom is -0.507 e. The van der Waals surface area contributed by atoms with Crippen molar-refractivity contribution >= 4 is 23.1 Å². The van der Waals surface area contributed by atoms with Gasteiger partial charge in [-0.2, -0.15) is 0 Å². The second-order valence-corrected chi connectivity index (χ2v) is 9.10. The van der Waals surface area contributed by atoms with E-state index in [-0.39, 0.29) is 11.3 Å². The van der Waals surface area contributed by atoms with Crippen LogP contribution in [0.4, 0.5) is 5.69 Å². The van der Waals surface area contributed by atoms with Gasteiger partial charge in [0, 0.05) is 11.3 Å². The summed E-state index contributed by atoms with van der Waals surface area (Å²) in [6, 6.07) is 21.3. The monoisotopic (exact) mass is 455 g/mol. The van der Waals surface area contributed by atoms with Crippen LogP contribution in [-0.4, -0.2) is 23.4 Å². The molecule has 1 unspecified atom stereocenters. The Hall–Kier alpha value is -3.86. The van der Waals surface area contributed by atoms with Gasteiger partial charge in [-0.1, -0.05) is 61.9 Å². The minimum atomic E-state index is -0.735. The first-order valence-corrected chi connectivity index (χ1v) is 11.4. The Morgan fingerprint density at radius 1 is 0.971 bits per heavy atom. The molecule has 1 fully saturated rings. The normalized spacial score (nSPS) is 17.4. The predicted octanol–water partition coefficient (Wildman–Crippen LogP) is 5.96. The molecule has 1 amide bonds. The maximum absolute atomic E-state index is 13.3. The summed E-state index contributed by atoms with van der Waals surface area (Å²) in [6.07, 6.45) is 0. The van der Waals surface area contributed by atoms with Crippen LogP contribution in [0.5, 0.6) is 5.75 Å². The van der Waals surface area contributed by atoms with Gasteiger partial charge in [0.2, 0.25) is 0 Å². The first kappa shape index (κ1) is 23.3. The summed E-state index contributed by atoms with van der Waals surface area (Å²) in [5.41, 5.74) is 3.79. The Labute approximate surface area is 200 Å². The number of aliphatic hydroxyl groups excluding tert-OH is 1. The van der Waals surface area contributed by atoms with Crippen LogP contribution < -0.4 is 9.64 Å². The zero-order valence-corrected chi connectivity index (χ0v) is 19.9. The molecule has 3 aromatic carbocycles. The lowest BCUT2D eigenvalue weighted by molar-refractivity contribution is -0.132. The first-order valence-electron chi connectivity index (χ1n) is 11.4. The second kappa shape index (κ2) is 9.56. The third-order valence-electron chi connectivity index (χ3n) is 5.89. The number of anilines is 1. The fraction of sp³-hybridized carbons (Fsp3) is 0.241. The Morgan fingerprint density at radius 2 is 1.65 bits per heavy atom. The van der Waals surface area contributed by atoms with Gasteiger partial charge >= 0.3 is 0 Å². The Balaban J connectivity index is 1.83. The smallest absolute Gasteiger partial charge is 0.300 e. The molecule has 1 atom stereocenters. The van der Waals surface area contributed by atoms with E-state index in [9.17, 15) is 14.7 Å². The molecule has 0 bridgehead atoms. The van der Waals surface area contributed by atoms with Crippen molar-refractivity contribution in [3.63, 3.8) is 0 Å². The molecule has 5 heteroatoms. The standard InChI is InChI=1S/C29H29NO4/c1-18(2)17-34-24-15-12-22(16-20(24)4)27(31)25-26(21-8-6-5-7-9-21)30(29(33)28(25)32)23-13-10-19(3)11-14-23/h5-16,18,26,31H,17H2,1-4H3/b27-25-. The molecule has 34 heavy (non-hydrogen) atoms. The molecule has 1 saturated heterocycles. The van der Waals surface area contributed by atoms with E-state index in [1.165, 1.54) is 4.90 Å². The van der Waals surface area contributed by atoms with E-state index in [4.69, 9.17) is 4.74 Å². The van der Waals surface area contributed by atoms with Crippen LogP contribution in [0.1, 0.15) is 42.1 Å².